The van der Waals surface area contributed by atoms with Crippen molar-refractivity contribution in [3.63, 3.8) is 0 Å². The number of ether oxygens (including phenoxy) is 1. The summed E-state index contributed by atoms with van der Waals surface area (Å²) in [6.45, 7) is 0. The van der Waals surface area contributed by atoms with Crippen molar-refractivity contribution < 1.29 is 29.0 Å². The number of hydrogen-bond donors (Lipinski definition) is 2. The summed E-state index contributed by atoms with van der Waals surface area (Å²) >= 11 is 10.6. The molecule has 2 aromatic carbocycles. The maximum absolute atomic E-state index is 13.3. The zero-order valence-electron chi connectivity index (χ0n) is 17.3. The van der Waals surface area contributed by atoms with Gasteiger partial charge in [0.05, 0.1) is 39.7 Å². The van der Waals surface area contributed by atoms with E-state index in [-0.39, 0.29) is 32.4 Å². The van der Waals surface area contributed by atoms with Crippen molar-refractivity contribution in [2.75, 3.05) is 12.0 Å². The molecule has 0 spiro atoms. The summed E-state index contributed by atoms with van der Waals surface area (Å²) in [7, 11) is 1.38. The number of phenolic OH excluding ortho intramolecular Hbond substituents is 1. The third-order valence-corrected chi connectivity index (χ3v) is 7.19. The molecular formula is C23H14BrClN2O6S. The van der Waals surface area contributed by atoms with E-state index < -0.39 is 23.5 Å². The third-order valence-electron chi connectivity index (χ3n) is 5.33. The number of hydrogen-bond acceptors (Lipinski definition) is 8. The van der Waals surface area contributed by atoms with Crippen molar-refractivity contribution in [1.82, 2.24) is 4.98 Å². The fourth-order valence-electron chi connectivity index (χ4n) is 3.79. The average molecular weight is 562 g/mol. The van der Waals surface area contributed by atoms with Crippen LogP contribution in [-0.4, -0.2) is 34.0 Å². The lowest BCUT2D eigenvalue weighted by Gasteiger charge is -2.25. The molecule has 3 heterocycles. The number of phenols is 1. The molecule has 0 bridgehead atoms. The first-order valence-corrected chi connectivity index (χ1v) is 11.8. The van der Waals surface area contributed by atoms with E-state index in [1.807, 2.05) is 0 Å². The molecule has 0 saturated heterocycles. The number of thiazole rings is 1. The van der Waals surface area contributed by atoms with Crippen molar-refractivity contribution in [1.29, 1.82) is 0 Å². The number of aliphatic hydroxyl groups excluding tert-OH is 1. The van der Waals surface area contributed by atoms with Crippen LogP contribution >= 0.6 is 38.9 Å². The van der Waals surface area contributed by atoms with Gasteiger partial charge in [0.1, 0.15) is 0 Å². The molecule has 172 valence electrons. The normalized spacial score (nSPS) is 16.0. The topological polar surface area (TPSA) is 113 Å². The van der Waals surface area contributed by atoms with Gasteiger partial charge in [0.25, 0.3) is 5.91 Å². The van der Waals surface area contributed by atoms with Crippen molar-refractivity contribution in [3.8, 4) is 11.5 Å². The second-order valence-electron chi connectivity index (χ2n) is 7.31. The fourth-order valence-corrected chi connectivity index (χ4v) is 5.52. The molecule has 2 N–H and O–H groups in total. The third kappa shape index (κ3) is 3.54. The molecule has 11 heteroatoms. The van der Waals surface area contributed by atoms with Crippen LogP contribution in [0.15, 0.2) is 68.9 Å². The van der Waals surface area contributed by atoms with Gasteiger partial charge >= 0.3 is 0 Å². The Kier molecular flexibility index (Phi) is 5.59. The van der Waals surface area contributed by atoms with Crippen LogP contribution in [0.1, 0.15) is 22.2 Å². The van der Waals surface area contributed by atoms with E-state index in [4.69, 9.17) is 20.8 Å². The first-order valence-electron chi connectivity index (χ1n) is 9.77. The quantitative estimate of drug-likeness (QED) is 0.296. The van der Waals surface area contributed by atoms with Crippen LogP contribution in [0.4, 0.5) is 5.13 Å². The van der Waals surface area contributed by atoms with Crippen LogP contribution in [0.3, 0.4) is 0 Å². The molecule has 4 aromatic rings. The number of fused-ring (bicyclic) bond motifs is 1. The van der Waals surface area contributed by atoms with Crippen LogP contribution in [0.5, 0.6) is 11.5 Å². The standard InChI is InChI=1S/C23H14BrClN2O6S/c1-32-15-8-10(7-12(24)19(15)28)18-17(20(29)14-3-2-6-33-14)21(30)22(31)27(18)23-26-13-5-4-11(25)9-16(13)34-23/h2-9,18,28,30H,1H3. The molecule has 1 unspecified atom stereocenters. The molecule has 5 rings (SSSR count). The van der Waals surface area contributed by atoms with Crippen molar-refractivity contribution in [3.05, 3.63) is 80.9 Å². The van der Waals surface area contributed by atoms with Gasteiger partial charge in [-0.1, -0.05) is 22.9 Å². The van der Waals surface area contributed by atoms with Crippen molar-refractivity contribution >= 4 is 65.9 Å². The number of rotatable bonds is 5. The number of aromatic nitrogens is 1. The molecule has 2 aromatic heterocycles. The summed E-state index contributed by atoms with van der Waals surface area (Å²) in [5, 5.41) is 21.9. The first kappa shape index (κ1) is 22.5. The molecular weight excluding hydrogens is 548 g/mol. The number of nitrogens with zero attached hydrogens (tertiary/aromatic N) is 2. The Morgan fingerprint density at radius 1 is 1.26 bits per heavy atom. The fraction of sp³-hybridized carbons (Fsp3) is 0.0870. The number of carbonyl (C=O) groups is 2. The number of carbonyl (C=O) groups excluding carboxylic acids is 2. The van der Waals surface area contributed by atoms with E-state index in [2.05, 4.69) is 20.9 Å². The van der Waals surface area contributed by atoms with Crippen molar-refractivity contribution in [2.24, 2.45) is 0 Å². The van der Waals surface area contributed by atoms with Crippen LogP contribution in [0.25, 0.3) is 10.2 Å². The average Bonchev–Trinajstić information content (AvgIpc) is 3.54. The lowest BCUT2D eigenvalue weighted by atomic mass is 9.95. The van der Waals surface area contributed by atoms with E-state index in [1.54, 1.807) is 24.3 Å². The highest BCUT2D eigenvalue weighted by Gasteiger charge is 2.47. The molecule has 1 atom stereocenters. The highest BCUT2D eigenvalue weighted by molar-refractivity contribution is 9.10. The summed E-state index contributed by atoms with van der Waals surface area (Å²) in [4.78, 5) is 32.4. The molecule has 1 amide bonds. The highest BCUT2D eigenvalue weighted by Crippen LogP contribution is 2.47. The summed E-state index contributed by atoms with van der Waals surface area (Å²) in [6, 6.07) is 10.0. The zero-order valence-corrected chi connectivity index (χ0v) is 20.4. The number of halogens is 2. The summed E-state index contributed by atoms with van der Waals surface area (Å²) in [5.41, 5.74) is 0.814. The smallest absolute Gasteiger partial charge is 0.296 e. The zero-order chi connectivity index (χ0) is 24.1. The van der Waals surface area contributed by atoms with Gasteiger partial charge in [-0.15, -0.1) is 0 Å². The van der Waals surface area contributed by atoms with Crippen LogP contribution in [0.2, 0.25) is 5.02 Å². The SMILES string of the molecule is COc1cc(C2C(C(=O)c3ccco3)=C(O)C(=O)N2c2nc3ccc(Cl)cc3s2)cc(Br)c1O. The Bertz CT molecular complexity index is 1500. The Labute approximate surface area is 209 Å². The molecule has 8 nitrogen and oxygen atoms in total. The summed E-state index contributed by atoms with van der Waals surface area (Å²) in [6.07, 6.45) is 1.33. The Hall–Kier alpha value is -3.34. The minimum atomic E-state index is -1.08. The molecule has 0 radical (unpaired) electrons. The highest BCUT2D eigenvalue weighted by atomic mass is 79.9. The Morgan fingerprint density at radius 3 is 2.76 bits per heavy atom. The van der Waals surface area contributed by atoms with E-state index in [1.165, 1.54) is 47.8 Å². The monoisotopic (exact) mass is 560 g/mol. The van der Waals surface area contributed by atoms with E-state index in [0.29, 0.717) is 16.1 Å². The molecule has 0 fully saturated rings. The van der Waals surface area contributed by atoms with E-state index in [0.717, 1.165) is 4.70 Å². The lowest BCUT2D eigenvalue weighted by Crippen LogP contribution is -2.31. The van der Waals surface area contributed by atoms with Crippen LogP contribution in [0, 0.1) is 0 Å². The number of methoxy groups -OCH3 is 1. The maximum atomic E-state index is 13.3. The number of aliphatic hydroxyl groups is 1. The minimum Gasteiger partial charge on any atom is -0.503 e. The number of anilines is 1. The predicted molar refractivity (Wildman–Crippen MR) is 130 cm³/mol. The van der Waals surface area contributed by atoms with Gasteiger partial charge in [0.2, 0.25) is 5.78 Å². The van der Waals surface area contributed by atoms with Gasteiger partial charge in [0.15, 0.2) is 28.1 Å². The first-order chi connectivity index (χ1) is 16.3. The van der Waals surface area contributed by atoms with Gasteiger partial charge in [0, 0.05) is 5.02 Å². The molecule has 34 heavy (non-hydrogen) atoms. The number of furan rings is 1. The molecule has 1 aliphatic rings. The van der Waals surface area contributed by atoms with Gasteiger partial charge in [-0.05, 0) is 64.0 Å². The number of amides is 1. The number of Topliss-reactive ketones (excluding diaryl/α,β-unsaturated/α-hetero) is 1. The van der Waals surface area contributed by atoms with E-state index >= 15 is 0 Å². The number of aromatic hydroxyl groups is 1. The summed E-state index contributed by atoms with van der Waals surface area (Å²) in [5.74, 6) is -2.24. The van der Waals surface area contributed by atoms with Gasteiger partial charge in [-0.3, -0.25) is 14.5 Å². The molecule has 1 aliphatic heterocycles. The van der Waals surface area contributed by atoms with Gasteiger partial charge in [-0.25, -0.2) is 4.98 Å². The van der Waals surface area contributed by atoms with Gasteiger partial charge < -0.3 is 19.4 Å². The molecule has 0 aliphatic carbocycles. The second-order valence-corrected chi connectivity index (χ2v) is 9.61. The predicted octanol–water partition coefficient (Wildman–Crippen LogP) is 5.80. The largest absolute Gasteiger partial charge is 0.503 e. The number of ketones is 1. The van der Waals surface area contributed by atoms with Crippen molar-refractivity contribution in [2.45, 2.75) is 6.04 Å². The molecule has 0 saturated carbocycles. The minimum absolute atomic E-state index is 0.0397. The van der Waals surface area contributed by atoms with E-state index in [9.17, 15) is 19.8 Å². The van der Waals surface area contributed by atoms with Gasteiger partial charge in [-0.2, -0.15) is 0 Å². The van der Waals surface area contributed by atoms with Crippen LogP contribution < -0.4 is 9.64 Å². The Morgan fingerprint density at radius 2 is 2.06 bits per heavy atom. The Balaban J connectivity index is 1.73. The summed E-state index contributed by atoms with van der Waals surface area (Å²) < 4.78 is 11.5. The maximum Gasteiger partial charge on any atom is 0.296 e. The van der Waals surface area contributed by atoms with Crippen LogP contribution in [-0.2, 0) is 4.79 Å². The lowest BCUT2D eigenvalue weighted by molar-refractivity contribution is -0.117. The second kappa shape index (κ2) is 8.46. The number of benzene rings is 2.